The highest BCUT2D eigenvalue weighted by atomic mass is 32.2. The van der Waals surface area contributed by atoms with Gasteiger partial charge in [-0.25, -0.2) is 18.1 Å². The molecule has 1 atom stereocenters. The van der Waals surface area contributed by atoms with Crippen molar-refractivity contribution < 1.29 is 32.3 Å². The molecule has 300 valence electrons. The maximum absolute atomic E-state index is 13.2. The molecule has 5 N–H and O–H groups in total. The van der Waals surface area contributed by atoms with E-state index < -0.39 is 27.5 Å². The van der Waals surface area contributed by atoms with Crippen molar-refractivity contribution in [3.8, 4) is 5.75 Å². The molecule has 15 nitrogen and oxygen atoms in total. The van der Waals surface area contributed by atoms with E-state index in [0.717, 1.165) is 24.1 Å². The third-order valence-electron chi connectivity index (χ3n) is 9.34. The molecule has 16 heteroatoms. The zero-order chi connectivity index (χ0) is 40.7. The minimum Gasteiger partial charge on any atom is -0.494 e. The van der Waals surface area contributed by atoms with E-state index in [4.69, 9.17) is 4.74 Å². The van der Waals surface area contributed by atoms with Crippen molar-refractivity contribution in [1.82, 2.24) is 24.9 Å². The molecule has 4 amide bonds. The first-order valence-corrected chi connectivity index (χ1v) is 20.4. The second-order valence-corrected chi connectivity index (χ2v) is 16.9. The van der Waals surface area contributed by atoms with Crippen LogP contribution in [0.5, 0.6) is 5.75 Å². The monoisotopic (exact) mass is 796 g/mol. The second kappa shape index (κ2) is 17.5. The third-order valence-corrected chi connectivity index (χ3v) is 11.1. The summed E-state index contributed by atoms with van der Waals surface area (Å²) in [5.74, 6) is 0.329. The first-order valence-electron chi connectivity index (χ1n) is 19.0. The molecule has 1 saturated heterocycles. The Morgan fingerprint density at radius 3 is 2.51 bits per heavy atom. The number of hydrogen-bond donors (Lipinski definition) is 5. The van der Waals surface area contributed by atoms with E-state index in [-0.39, 0.29) is 35.6 Å². The Morgan fingerprint density at radius 1 is 0.965 bits per heavy atom. The summed E-state index contributed by atoms with van der Waals surface area (Å²) in [5, 5.41) is 11.7. The Bertz CT molecular complexity index is 2260. The van der Waals surface area contributed by atoms with E-state index in [0.29, 0.717) is 72.3 Å². The first kappa shape index (κ1) is 40.8. The van der Waals surface area contributed by atoms with Crippen LogP contribution in [0.4, 0.5) is 28.8 Å². The highest BCUT2D eigenvalue weighted by Gasteiger charge is 2.39. The minimum atomic E-state index is -3.71. The molecule has 0 bridgehead atoms. The van der Waals surface area contributed by atoms with Gasteiger partial charge in [0.05, 0.1) is 11.5 Å². The summed E-state index contributed by atoms with van der Waals surface area (Å²) >= 11 is 0. The molecule has 0 unspecified atom stereocenters. The number of aryl methyl sites for hydroxylation is 1. The zero-order valence-electron chi connectivity index (χ0n) is 32.5. The van der Waals surface area contributed by atoms with Gasteiger partial charge in [0.1, 0.15) is 17.6 Å². The van der Waals surface area contributed by atoms with Crippen molar-refractivity contribution in [2.45, 2.75) is 95.7 Å². The Labute approximate surface area is 332 Å². The fourth-order valence-electron chi connectivity index (χ4n) is 6.59. The molecule has 0 spiro atoms. The predicted octanol–water partition coefficient (Wildman–Crippen LogP) is 6.08. The van der Waals surface area contributed by atoms with Gasteiger partial charge in [-0.05, 0) is 114 Å². The molecule has 1 fully saturated rings. The molecule has 6 rings (SSSR count). The van der Waals surface area contributed by atoms with Gasteiger partial charge >= 0.3 is 0 Å². The minimum absolute atomic E-state index is 0.142. The lowest BCUT2D eigenvalue weighted by Gasteiger charge is -2.24. The quantitative estimate of drug-likeness (QED) is 0.0690. The van der Waals surface area contributed by atoms with Crippen molar-refractivity contribution in [1.29, 1.82) is 0 Å². The lowest BCUT2D eigenvalue weighted by atomic mass is 10.1. The maximum atomic E-state index is 13.2. The number of unbranched alkanes of at least 4 members (excludes halogenated alkanes) is 2. The van der Waals surface area contributed by atoms with E-state index in [2.05, 4.69) is 36.0 Å². The fraction of sp³-hybridized carbons (Fsp3) is 0.366. The number of hydrogen-bond acceptors (Lipinski definition) is 11. The summed E-state index contributed by atoms with van der Waals surface area (Å²) in [5.41, 5.74) is 3.14. The molecular weight excluding hydrogens is 749 g/mol. The molecule has 0 saturated carbocycles. The van der Waals surface area contributed by atoms with Crippen molar-refractivity contribution in [3.63, 3.8) is 0 Å². The van der Waals surface area contributed by atoms with Crippen molar-refractivity contribution in [2.24, 2.45) is 0 Å². The Hall–Kier alpha value is -5.87. The van der Waals surface area contributed by atoms with Gasteiger partial charge in [-0.1, -0.05) is 12.1 Å². The number of amides is 4. The first-order chi connectivity index (χ1) is 27.1. The average molecular weight is 797 g/mol. The predicted molar refractivity (Wildman–Crippen MR) is 216 cm³/mol. The molecule has 1 aromatic heterocycles. The Kier molecular flexibility index (Phi) is 12.5. The van der Waals surface area contributed by atoms with Gasteiger partial charge in [-0.2, -0.15) is 4.98 Å². The number of benzene rings is 3. The largest absolute Gasteiger partial charge is 0.494 e. The zero-order valence-corrected chi connectivity index (χ0v) is 33.3. The molecular formula is C41H48N8O7S. The number of anilines is 5. The van der Waals surface area contributed by atoms with E-state index in [9.17, 15) is 27.6 Å². The summed E-state index contributed by atoms with van der Waals surface area (Å²) in [6.45, 7) is 7.88. The van der Waals surface area contributed by atoms with Crippen LogP contribution in [0.3, 0.4) is 0 Å². The number of aromatic nitrogens is 2. The topological polar surface area (TPSA) is 201 Å². The van der Waals surface area contributed by atoms with Gasteiger partial charge in [-0.3, -0.25) is 24.5 Å². The van der Waals surface area contributed by atoms with Gasteiger partial charge in [0.25, 0.3) is 5.91 Å². The summed E-state index contributed by atoms with van der Waals surface area (Å²) in [6, 6.07) is 18.4. The number of fused-ring (bicyclic) bond motifs is 1. The van der Waals surface area contributed by atoms with Gasteiger partial charge < -0.3 is 25.6 Å². The fourth-order valence-corrected chi connectivity index (χ4v) is 8.05. The van der Waals surface area contributed by atoms with Crippen LogP contribution in [0.25, 0.3) is 0 Å². The molecule has 3 heterocycles. The molecule has 4 aromatic rings. The highest BCUT2D eigenvalue weighted by molar-refractivity contribution is 7.89. The Morgan fingerprint density at radius 2 is 1.74 bits per heavy atom. The number of nitrogens with zero attached hydrogens (tertiary/aromatic N) is 3. The molecule has 0 radical (unpaired) electrons. The molecule has 2 aliphatic rings. The molecule has 3 aromatic carbocycles. The molecule has 0 aliphatic carbocycles. The molecule has 57 heavy (non-hydrogen) atoms. The maximum Gasteiger partial charge on any atom is 0.255 e. The van der Waals surface area contributed by atoms with Crippen molar-refractivity contribution >= 4 is 62.5 Å². The van der Waals surface area contributed by atoms with E-state index in [1.54, 1.807) is 69.4 Å². The Balaban J connectivity index is 0.930. The SMILES string of the molecule is Cc1cnc(Nc2ccc(OCCCCCC(=O)Nc3cccc4c3CN([C@H]3CCCC(=O)NC3=O)C4=O)cc2)nc1Nc1cccc(S(=O)(=O)NC(C)(C)C)c1. The number of sulfonamides is 1. The number of carbonyl (C=O) groups is 4. The van der Waals surface area contributed by atoms with Crippen molar-refractivity contribution in [2.75, 3.05) is 22.6 Å². The van der Waals surface area contributed by atoms with Gasteiger partial charge in [0.15, 0.2) is 0 Å². The number of ether oxygens (including phenoxy) is 1. The average Bonchev–Trinajstić information content (AvgIpc) is 3.38. The standard InChI is InChI=1S/C41H48N8O7S/c1-26-24-42-40(47-37(26)43-28-11-8-12-30(23-28)57(54,55)48-41(2,3)4)44-27-18-20-29(21-19-27)56-22-7-5-6-16-35(50)45-33-14-9-13-31-32(33)25-49(39(31)53)34-15-10-17-36(51)46-38(34)52/h8-9,11-14,18-21,23-24,34,48H,5-7,10,15-17,22,25H2,1-4H3,(H,45,50)(H,46,51,52)(H2,42,43,44,47)/t34-/m0/s1. The van der Waals surface area contributed by atoms with E-state index >= 15 is 0 Å². The highest BCUT2D eigenvalue weighted by Crippen LogP contribution is 2.32. The smallest absolute Gasteiger partial charge is 0.255 e. The number of rotatable bonds is 15. The lowest BCUT2D eigenvalue weighted by molar-refractivity contribution is -0.132. The van der Waals surface area contributed by atoms with E-state index in [1.165, 1.54) is 4.90 Å². The van der Waals surface area contributed by atoms with Crippen LogP contribution in [0.15, 0.2) is 77.8 Å². The van der Waals surface area contributed by atoms with Gasteiger partial charge in [0, 0.05) is 64.9 Å². The molecule has 2 aliphatic heterocycles. The number of imide groups is 1. The normalized spacial score (nSPS) is 15.8. The van der Waals surface area contributed by atoms with Gasteiger partial charge in [0.2, 0.25) is 33.7 Å². The third kappa shape index (κ3) is 10.7. The number of carbonyl (C=O) groups excluding carboxylic acids is 4. The van der Waals surface area contributed by atoms with Crippen LogP contribution >= 0.6 is 0 Å². The van der Waals surface area contributed by atoms with Gasteiger partial charge in [-0.15, -0.1) is 0 Å². The summed E-state index contributed by atoms with van der Waals surface area (Å²) < 4.78 is 34.3. The van der Waals surface area contributed by atoms with Crippen molar-refractivity contribution in [3.05, 3.63) is 89.6 Å². The summed E-state index contributed by atoms with van der Waals surface area (Å²) in [4.78, 5) is 61.0. The van der Waals surface area contributed by atoms with Crippen LogP contribution in [-0.4, -0.2) is 65.1 Å². The van der Waals surface area contributed by atoms with Crippen LogP contribution < -0.4 is 30.7 Å². The second-order valence-electron chi connectivity index (χ2n) is 15.2. The van der Waals surface area contributed by atoms with E-state index in [1.807, 2.05) is 31.2 Å². The summed E-state index contributed by atoms with van der Waals surface area (Å²) in [7, 11) is -3.71. The lowest BCUT2D eigenvalue weighted by Crippen LogP contribution is -2.46. The summed E-state index contributed by atoms with van der Waals surface area (Å²) in [6.07, 6.45) is 5.32. The van der Waals surface area contributed by atoms with Crippen LogP contribution in [0.1, 0.15) is 87.2 Å². The van der Waals surface area contributed by atoms with Crippen LogP contribution in [0, 0.1) is 6.92 Å². The van der Waals surface area contributed by atoms with Crippen LogP contribution in [0.2, 0.25) is 0 Å². The van der Waals surface area contributed by atoms with Crippen LogP contribution in [-0.2, 0) is 31.0 Å². The number of nitrogens with one attached hydrogen (secondary N) is 5.